The Morgan fingerprint density at radius 2 is 2.35 bits per heavy atom. The lowest BCUT2D eigenvalue weighted by Crippen LogP contribution is -2.23. The van der Waals surface area contributed by atoms with Crippen LogP contribution in [0.3, 0.4) is 0 Å². The number of esters is 1. The van der Waals surface area contributed by atoms with E-state index < -0.39 is 0 Å². The molecule has 17 heavy (non-hydrogen) atoms. The first-order valence-electron chi connectivity index (χ1n) is 5.22. The number of ether oxygens (including phenoxy) is 1. The van der Waals surface area contributed by atoms with Crippen LogP contribution in [0.1, 0.15) is 19.4 Å². The minimum atomic E-state index is -0.313. The molecule has 1 rings (SSSR count). The third kappa shape index (κ3) is 4.03. The first kappa shape index (κ1) is 12.8. The Balaban J connectivity index is 2.62. The maximum absolute atomic E-state index is 10.6. The highest BCUT2D eigenvalue weighted by atomic mass is 16.5. The number of nitrogens with two attached hydrogens (primary N) is 1. The van der Waals surface area contributed by atoms with Gasteiger partial charge in [-0.25, -0.2) is 0 Å². The number of hydrogen-bond donors (Lipinski definition) is 2. The van der Waals surface area contributed by atoms with Crippen LogP contribution in [0.15, 0.2) is 18.2 Å². The van der Waals surface area contributed by atoms with Gasteiger partial charge in [0.2, 0.25) is 0 Å². The largest absolute Gasteiger partial charge is 0.464 e. The molecule has 0 unspecified atom stereocenters. The molecule has 0 aliphatic carbocycles. The molecule has 0 amide bonds. The van der Waals surface area contributed by atoms with E-state index in [9.17, 15) is 4.79 Å². The molecule has 90 valence electrons. The highest BCUT2D eigenvalue weighted by molar-refractivity contribution is 5.69. The van der Waals surface area contributed by atoms with Gasteiger partial charge in [0.1, 0.15) is 6.61 Å². The highest BCUT2D eigenvalue weighted by Gasteiger charge is 2.06. The lowest BCUT2D eigenvalue weighted by molar-refractivity contribution is -0.141. The third-order valence-corrected chi connectivity index (χ3v) is 2.12. The predicted molar refractivity (Wildman–Crippen MR) is 65.3 cm³/mol. The minimum Gasteiger partial charge on any atom is -0.464 e. The number of carbonyl (C=O) groups is 1. The van der Waals surface area contributed by atoms with Crippen molar-refractivity contribution in [3.8, 4) is 6.07 Å². The van der Waals surface area contributed by atoms with Gasteiger partial charge in [-0.2, -0.15) is 5.26 Å². The molecule has 1 aromatic carbocycles. The standard InChI is InChI=1S/C12H15N3O2/c1-8(7-17-9(2)16)15-12-4-3-10(6-13)5-11(12)14/h3-5,8,15H,7,14H2,1-2H3/t8-/m1/s1. The molecular weight excluding hydrogens is 218 g/mol. The van der Waals surface area contributed by atoms with Crippen molar-refractivity contribution in [3.05, 3.63) is 23.8 Å². The molecule has 0 spiro atoms. The molecular formula is C12H15N3O2. The van der Waals surface area contributed by atoms with Crippen molar-refractivity contribution in [3.63, 3.8) is 0 Å². The van der Waals surface area contributed by atoms with Gasteiger partial charge >= 0.3 is 5.97 Å². The summed E-state index contributed by atoms with van der Waals surface area (Å²) < 4.78 is 4.87. The molecule has 0 bridgehead atoms. The molecule has 0 heterocycles. The van der Waals surface area contributed by atoms with Crippen LogP contribution in [-0.4, -0.2) is 18.6 Å². The number of hydrogen-bond acceptors (Lipinski definition) is 5. The van der Waals surface area contributed by atoms with E-state index >= 15 is 0 Å². The van der Waals surface area contributed by atoms with Crippen LogP contribution in [0.5, 0.6) is 0 Å². The van der Waals surface area contributed by atoms with Crippen LogP contribution in [0.25, 0.3) is 0 Å². The number of anilines is 2. The van der Waals surface area contributed by atoms with Crippen molar-refractivity contribution >= 4 is 17.3 Å². The Morgan fingerprint density at radius 1 is 1.65 bits per heavy atom. The van der Waals surface area contributed by atoms with Gasteiger partial charge in [-0.05, 0) is 25.1 Å². The molecule has 5 nitrogen and oxygen atoms in total. The zero-order valence-electron chi connectivity index (χ0n) is 9.86. The van der Waals surface area contributed by atoms with Crippen molar-refractivity contribution in [2.45, 2.75) is 19.9 Å². The summed E-state index contributed by atoms with van der Waals surface area (Å²) in [5.41, 5.74) is 7.52. The topological polar surface area (TPSA) is 88.1 Å². The lowest BCUT2D eigenvalue weighted by Gasteiger charge is -2.16. The zero-order valence-corrected chi connectivity index (χ0v) is 9.86. The summed E-state index contributed by atoms with van der Waals surface area (Å²) in [7, 11) is 0. The summed E-state index contributed by atoms with van der Waals surface area (Å²) in [6.07, 6.45) is 0. The summed E-state index contributed by atoms with van der Waals surface area (Å²) in [5, 5.41) is 11.8. The Kier molecular flexibility index (Phi) is 4.35. The van der Waals surface area contributed by atoms with Crippen molar-refractivity contribution in [2.24, 2.45) is 0 Å². The average Bonchev–Trinajstić information content (AvgIpc) is 2.29. The number of nitrogens with one attached hydrogen (secondary N) is 1. The van der Waals surface area contributed by atoms with E-state index in [-0.39, 0.29) is 18.6 Å². The number of rotatable bonds is 4. The van der Waals surface area contributed by atoms with Crippen molar-refractivity contribution in [2.75, 3.05) is 17.7 Å². The monoisotopic (exact) mass is 233 g/mol. The second-order valence-electron chi connectivity index (χ2n) is 3.76. The highest BCUT2D eigenvalue weighted by Crippen LogP contribution is 2.20. The minimum absolute atomic E-state index is 0.0471. The van der Waals surface area contributed by atoms with Crippen molar-refractivity contribution < 1.29 is 9.53 Å². The number of nitrogens with zero attached hydrogens (tertiary/aromatic N) is 1. The van der Waals surface area contributed by atoms with Gasteiger partial charge in [0.05, 0.1) is 29.0 Å². The molecule has 1 aromatic rings. The van der Waals surface area contributed by atoms with E-state index in [1.54, 1.807) is 18.2 Å². The van der Waals surface area contributed by atoms with Gasteiger partial charge in [0.15, 0.2) is 0 Å². The fourth-order valence-corrected chi connectivity index (χ4v) is 1.31. The fourth-order valence-electron chi connectivity index (χ4n) is 1.31. The SMILES string of the molecule is CC(=O)OC[C@@H](C)Nc1ccc(C#N)cc1N. The molecule has 1 atom stereocenters. The molecule has 0 radical (unpaired) electrons. The van der Waals surface area contributed by atoms with E-state index in [4.69, 9.17) is 15.7 Å². The van der Waals surface area contributed by atoms with E-state index in [0.717, 1.165) is 5.69 Å². The Bertz CT molecular complexity index is 452. The average molecular weight is 233 g/mol. The molecule has 0 aliphatic heterocycles. The second-order valence-corrected chi connectivity index (χ2v) is 3.76. The molecule has 3 N–H and O–H groups in total. The van der Waals surface area contributed by atoms with Crippen LogP contribution >= 0.6 is 0 Å². The fraction of sp³-hybridized carbons (Fsp3) is 0.333. The van der Waals surface area contributed by atoms with Gasteiger partial charge in [-0.1, -0.05) is 0 Å². The van der Waals surface area contributed by atoms with Crippen molar-refractivity contribution in [1.82, 2.24) is 0 Å². The maximum Gasteiger partial charge on any atom is 0.302 e. The summed E-state index contributed by atoms with van der Waals surface area (Å²) >= 11 is 0. The first-order valence-corrected chi connectivity index (χ1v) is 5.22. The zero-order chi connectivity index (χ0) is 12.8. The molecule has 5 heteroatoms. The normalized spacial score (nSPS) is 11.4. The first-order chi connectivity index (χ1) is 8.02. The molecule has 0 saturated heterocycles. The number of carbonyl (C=O) groups excluding carboxylic acids is 1. The number of nitriles is 1. The van der Waals surface area contributed by atoms with E-state index in [1.165, 1.54) is 6.92 Å². The summed E-state index contributed by atoms with van der Waals surface area (Å²) in [6.45, 7) is 3.51. The van der Waals surface area contributed by atoms with Crippen LogP contribution in [0, 0.1) is 11.3 Å². The molecule has 0 aliphatic rings. The predicted octanol–water partition coefficient (Wildman–Crippen LogP) is 1.50. The van der Waals surface area contributed by atoms with Gasteiger partial charge in [0.25, 0.3) is 0 Å². The van der Waals surface area contributed by atoms with E-state index in [2.05, 4.69) is 5.32 Å². The Morgan fingerprint density at radius 3 is 2.88 bits per heavy atom. The van der Waals surface area contributed by atoms with Gasteiger partial charge in [-0.15, -0.1) is 0 Å². The van der Waals surface area contributed by atoms with Gasteiger partial charge < -0.3 is 15.8 Å². The second kappa shape index (κ2) is 5.75. The summed E-state index contributed by atoms with van der Waals surface area (Å²) in [5.74, 6) is -0.313. The number of nitrogen functional groups attached to an aromatic ring is 1. The third-order valence-electron chi connectivity index (χ3n) is 2.12. The molecule has 0 aromatic heterocycles. The Hall–Kier alpha value is -2.22. The van der Waals surface area contributed by atoms with Crippen LogP contribution in [0.2, 0.25) is 0 Å². The lowest BCUT2D eigenvalue weighted by atomic mass is 10.2. The smallest absolute Gasteiger partial charge is 0.302 e. The summed E-state index contributed by atoms with van der Waals surface area (Å²) in [4.78, 5) is 10.6. The van der Waals surface area contributed by atoms with Gasteiger partial charge in [-0.3, -0.25) is 4.79 Å². The number of benzene rings is 1. The van der Waals surface area contributed by atoms with Crippen LogP contribution < -0.4 is 11.1 Å². The van der Waals surface area contributed by atoms with E-state index in [1.807, 2.05) is 13.0 Å². The van der Waals surface area contributed by atoms with Gasteiger partial charge in [0, 0.05) is 6.92 Å². The molecule has 0 fully saturated rings. The van der Waals surface area contributed by atoms with E-state index in [0.29, 0.717) is 11.3 Å². The van der Waals surface area contributed by atoms with Crippen LogP contribution in [0.4, 0.5) is 11.4 Å². The summed E-state index contributed by atoms with van der Waals surface area (Å²) in [6, 6.07) is 6.97. The quantitative estimate of drug-likeness (QED) is 0.607. The van der Waals surface area contributed by atoms with Crippen LogP contribution in [-0.2, 0) is 9.53 Å². The van der Waals surface area contributed by atoms with Crippen molar-refractivity contribution in [1.29, 1.82) is 5.26 Å². The Labute approximate surface area is 100 Å². The molecule has 0 saturated carbocycles. The maximum atomic E-state index is 10.6.